The smallest absolute Gasteiger partial charge is 0.217 e. The number of nitrogens with zero attached hydrogens (tertiary/aromatic N) is 2. The van der Waals surface area contributed by atoms with Crippen molar-refractivity contribution in [2.24, 2.45) is 0 Å². The van der Waals surface area contributed by atoms with Gasteiger partial charge < -0.3 is 4.74 Å². The Morgan fingerprint density at radius 1 is 1.24 bits per heavy atom. The van der Waals surface area contributed by atoms with Crippen molar-refractivity contribution in [3.63, 3.8) is 0 Å². The number of ether oxygens (including phenoxy) is 1. The van der Waals surface area contributed by atoms with Crippen molar-refractivity contribution in [2.45, 2.75) is 13.5 Å². The van der Waals surface area contributed by atoms with Crippen LogP contribution in [0.2, 0.25) is 0 Å². The number of hydrogen-bond donors (Lipinski definition) is 0. The highest BCUT2D eigenvalue weighted by Crippen LogP contribution is 2.09. The zero-order valence-corrected chi connectivity index (χ0v) is 9.46. The van der Waals surface area contributed by atoms with Gasteiger partial charge in [-0.3, -0.25) is 4.79 Å². The van der Waals surface area contributed by atoms with E-state index in [1.165, 1.54) is 13.1 Å². The minimum absolute atomic E-state index is 0.171. The molecule has 0 aliphatic rings. The maximum absolute atomic E-state index is 11.1. The summed E-state index contributed by atoms with van der Waals surface area (Å²) >= 11 is 0. The van der Waals surface area contributed by atoms with Crippen LogP contribution in [0.15, 0.2) is 42.6 Å². The highest BCUT2D eigenvalue weighted by atomic mass is 16.5. The molecule has 4 nitrogen and oxygen atoms in total. The summed E-state index contributed by atoms with van der Waals surface area (Å²) in [7, 11) is 0. The SMILES string of the molecule is CC(=O)c1nccc(OCc2ccccc2)n1. The molecular weight excluding hydrogens is 216 g/mol. The topological polar surface area (TPSA) is 52.1 Å². The van der Waals surface area contributed by atoms with Crippen LogP contribution in [0, 0.1) is 0 Å². The summed E-state index contributed by atoms with van der Waals surface area (Å²) in [5, 5.41) is 0. The van der Waals surface area contributed by atoms with Crippen molar-refractivity contribution in [1.29, 1.82) is 0 Å². The number of benzene rings is 1. The van der Waals surface area contributed by atoms with Gasteiger partial charge in [-0.05, 0) is 5.56 Å². The van der Waals surface area contributed by atoms with Crippen molar-refractivity contribution < 1.29 is 9.53 Å². The Morgan fingerprint density at radius 3 is 2.71 bits per heavy atom. The van der Waals surface area contributed by atoms with Crippen LogP contribution in [0.3, 0.4) is 0 Å². The van der Waals surface area contributed by atoms with Gasteiger partial charge in [-0.25, -0.2) is 4.98 Å². The van der Waals surface area contributed by atoms with E-state index >= 15 is 0 Å². The molecule has 0 radical (unpaired) electrons. The summed E-state index contributed by atoms with van der Waals surface area (Å²) < 4.78 is 5.48. The maximum Gasteiger partial charge on any atom is 0.217 e. The number of rotatable bonds is 4. The Hall–Kier alpha value is -2.23. The van der Waals surface area contributed by atoms with Crippen LogP contribution in [0.1, 0.15) is 23.1 Å². The van der Waals surface area contributed by atoms with Gasteiger partial charge in [0, 0.05) is 19.2 Å². The molecule has 0 unspecified atom stereocenters. The predicted octanol–water partition coefficient (Wildman–Crippen LogP) is 2.26. The first-order valence-corrected chi connectivity index (χ1v) is 5.26. The molecule has 86 valence electrons. The van der Waals surface area contributed by atoms with Gasteiger partial charge >= 0.3 is 0 Å². The molecule has 0 saturated heterocycles. The Kier molecular flexibility index (Phi) is 3.45. The number of carbonyl (C=O) groups is 1. The zero-order valence-electron chi connectivity index (χ0n) is 9.46. The van der Waals surface area contributed by atoms with E-state index in [4.69, 9.17) is 4.74 Å². The highest BCUT2D eigenvalue weighted by Gasteiger charge is 2.04. The Morgan fingerprint density at radius 2 is 2.00 bits per heavy atom. The molecule has 2 rings (SSSR count). The van der Waals surface area contributed by atoms with Gasteiger partial charge in [0.1, 0.15) is 6.61 Å². The minimum atomic E-state index is -0.171. The molecule has 1 heterocycles. The normalized spacial score (nSPS) is 9.94. The monoisotopic (exact) mass is 228 g/mol. The van der Waals surface area contributed by atoms with Gasteiger partial charge in [0.15, 0.2) is 11.6 Å². The first-order valence-electron chi connectivity index (χ1n) is 5.26. The molecule has 0 spiro atoms. The second-order valence-corrected chi connectivity index (χ2v) is 3.55. The lowest BCUT2D eigenvalue weighted by molar-refractivity contribution is 0.100. The van der Waals surface area contributed by atoms with Gasteiger partial charge in [0.2, 0.25) is 5.88 Å². The molecule has 0 bridgehead atoms. The number of Topliss-reactive ketones (excluding diaryl/α,β-unsaturated/α-hetero) is 1. The highest BCUT2D eigenvalue weighted by molar-refractivity contribution is 5.90. The summed E-state index contributed by atoms with van der Waals surface area (Å²) in [6, 6.07) is 11.4. The third-order valence-electron chi connectivity index (χ3n) is 2.17. The van der Waals surface area contributed by atoms with Crippen molar-refractivity contribution in [2.75, 3.05) is 0 Å². The minimum Gasteiger partial charge on any atom is -0.473 e. The molecule has 17 heavy (non-hydrogen) atoms. The molecule has 0 aliphatic carbocycles. The van der Waals surface area contributed by atoms with Crippen LogP contribution in [0.25, 0.3) is 0 Å². The lowest BCUT2D eigenvalue weighted by Gasteiger charge is -2.05. The fraction of sp³-hybridized carbons (Fsp3) is 0.154. The summed E-state index contributed by atoms with van der Waals surface area (Å²) in [6.45, 7) is 1.85. The molecular formula is C13H12N2O2. The van der Waals surface area contributed by atoms with Crippen LogP contribution >= 0.6 is 0 Å². The quantitative estimate of drug-likeness (QED) is 0.753. The lowest BCUT2D eigenvalue weighted by atomic mass is 10.2. The first-order chi connectivity index (χ1) is 8.25. The number of ketones is 1. The third-order valence-corrected chi connectivity index (χ3v) is 2.17. The van der Waals surface area contributed by atoms with Crippen LogP contribution in [0.5, 0.6) is 5.88 Å². The fourth-order valence-corrected chi connectivity index (χ4v) is 1.32. The first kappa shape index (κ1) is 11.3. The van der Waals surface area contributed by atoms with Gasteiger partial charge in [0.25, 0.3) is 0 Å². The summed E-state index contributed by atoms with van der Waals surface area (Å²) in [5.41, 5.74) is 1.05. The fourth-order valence-electron chi connectivity index (χ4n) is 1.32. The van der Waals surface area contributed by atoms with E-state index in [-0.39, 0.29) is 11.6 Å². The molecule has 0 N–H and O–H groups in total. The second-order valence-electron chi connectivity index (χ2n) is 3.55. The van der Waals surface area contributed by atoms with Crippen LogP contribution in [-0.4, -0.2) is 15.8 Å². The van der Waals surface area contributed by atoms with Gasteiger partial charge in [-0.1, -0.05) is 30.3 Å². The van der Waals surface area contributed by atoms with Crippen molar-refractivity contribution >= 4 is 5.78 Å². The van der Waals surface area contributed by atoms with E-state index in [2.05, 4.69) is 9.97 Å². The van der Waals surface area contributed by atoms with Crippen LogP contribution < -0.4 is 4.74 Å². The Balaban J connectivity index is 2.04. The van der Waals surface area contributed by atoms with Crippen molar-refractivity contribution in [3.05, 3.63) is 54.0 Å². The van der Waals surface area contributed by atoms with E-state index in [1.807, 2.05) is 30.3 Å². The molecule has 0 amide bonds. The largest absolute Gasteiger partial charge is 0.473 e. The summed E-state index contributed by atoms with van der Waals surface area (Å²) in [6.07, 6.45) is 1.52. The van der Waals surface area contributed by atoms with Crippen molar-refractivity contribution in [1.82, 2.24) is 9.97 Å². The second kappa shape index (κ2) is 5.21. The molecule has 2 aromatic rings. The average Bonchev–Trinajstić information content (AvgIpc) is 2.38. The van der Waals surface area contributed by atoms with E-state index in [1.54, 1.807) is 6.07 Å². The summed E-state index contributed by atoms with van der Waals surface area (Å²) in [4.78, 5) is 18.9. The number of hydrogen-bond acceptors (Lipinski definition) is 4. The molecule has 1 aromatic heterocycles. The molecule has 0 atom stereocenters. The predicted molar refractivity (Wildman–Crippen MR) is 62.8 cm³/mol. The van der Waals surface area contributed by atoms with Crippen LogP contribution in [-0.2, 0) is 6.61 Å². The Bertz CT molecular complexity index is 512. The summed E-state index contributed by atoms with van der Waals surface area (Å²) in [5.74, 6) is 0.416. The third kappa shape index (κ3) is 3.11. The van der Waals surface area contributed by atoms with Crippen LogP contribution in [0.4, 0.5) is 0 Å². The number of carbonyl (C=O) groups excluding carboxylic acids is 1. The molecule has 0 aliphatic heterocycles. The maximum atomic E-state index is 11.1. The zero-order chi connectivity index (χ0) is 12.1. The standard InChI is InChI=1S/C13H12N2O2/c1-10(16)13-14-8-7-12(15-13)17-9-11-5-3-2-4-6-11/h2-8H,9H2,1H3. The molecule has 0 saturated carbocycles. The van der Waals surface area contributed by atoms with Gasteiger partial charge in [-0.2, -0.15) is 4.98 Å². The Labute approximate surface area is 99.3 Å². The average molecular weight is 228 g/mol. The lowest BCUT2D eigenvalue weighted by Crippen LogP contribution is -2.03. The van der Waals surface area contributed by atoms with Gasteiger partial charge in [0.05, 0.1) is 0 Å². The molecule has 1 aromatic carbocycles. The van der Waals surface area contributed by atoms with E-state index in [0.717, 1.165) is 5.56 Å². The molecule has 0 fully saturated rings. The number of aromatic nitrogens is 2. The van der Waals surface area contributed by atoms with E-state index in [9.17, 15) is 4.79 Å². The van der Waals surface area contributed by atoms with E-state index < -0.39 is 0 Å². The van der Waals surface area contributed by atoms with Crippen molar-refractivity contribution in [3.8, 4) is 5.88 Å². The van der Waals surface area contributed by atoms with E-state index in [0.29, 0.717) is 12.5 Å². The molecule has 4 heteroatoms. The van der Waals surface area contributed by atoms with Gasteiger partial charge in [-0.15, -0.1) is 0 Å².